The molecule has 1 heterocycles. The third-order valence-electron chi connectivity index (χ3n) is 2.75. The maximum Gasteiger partial charge on any atom is 0.119 e. The highest BCUT2D eigenvalue weighted by Crippen LogP contribution is 2.11. The second-order valence-corrected chi connectivity index (χ2v) is 4.14. The van der Waals surface area contributed by atoms with Gasteiger partial charge in [-0.25, -0.2) is 0 Å². The highest BCUT2D eigenvalue weighted by atomic mass is 16.5. The van der Waals surface area contributed by atoms with Gasteiger partial charge < -0.3 is 9.64 Å². The van der Waals surface area contributed by atoms with Crippen molar-refractivity contribution in [3.63, 3.8) is 0 Å². The summed E-state index contributed by atoms with van der Waals surface area (Å²) in [5, 5.41) is 0. The molecule has 2 aromatic rings. The average Bonchev–Trinajstić information content (AvgIpc) is 2.45. The van der Waals surface area contributed by atoms with Gasteiger partial charge in [0, 0.05) is 31.7 Å². The SMILES string of the molecule is CN(CCCOc1ccccc1)c1ccncc1. The number of aromatic nitrogens is 1. The first kappa shape index (κ1) is 12.4. The van der Waals surface area contributed by atoms with Gasteiger partial charge in [-0.1, -0.05) is 18.2 Å². The lowest BCUT2D eigenvalue weighted by atomic mass is 10.3. The molecule has 0 aliphatic rings. The normalized spacial score (nSPS) is 10.1. The molecule has 0 fully saturated rings. The zero-order chi connectivity index (χ0) is 12.6. The van der Waals surface area contributed by atoms with Crippen molar-refractivity contribution >= 4 is 5.69 Å². The quantitative estimate of drug-likeness (QED) is 0.728. The molecule has 0 aliphatic heterocycles. The van der Waals surface area contributed by atoms with E-state index in [-0.39, 0.29) is 0 Å². The van der Waals surface area contributed by atoms with E-state index in [1.54, 1.807) is 0 Å². The van der Waals surface area contributed by atoms with Gasteiger partial charge in [-0.2, -0.15) is 0 Å². The minimum absolute atomic E-state index is 0.736. The highest BCUT2D eigenvalue weighted by molar-refractivity contribution is 5.43. The summed E-state index contributed by atoms with van der Waals surface area (Å²) in [6.07, 6.45) is 4.62. The lowest BCUT2D eigenvalue weighted by molar-refractivity contribution is 0.312. The number of anilines is 1. The van der Waals surface area contributed by atoms with E-state index >= 15 is 0 Å². The Kier molecular flexibility index (Phi) is 4.59. The van der Waals surface area contributed by atoms with Crippen molar-refractivity contribution in [2.24, 2.45) is 0 Å². The molecule has 0 aliphatic carbocycles. The highest BCUT2D eigenvalue weighted by Gasteiger charge is 1.99. The van der Waals surface area contributed by atoms with Crippen molar-refractivity contribution in [3.8, 4) is 5.75 Å². The number of pyridine rings is 1. The van der Waals surface area contributed by atoms with Crippen LogP contribution in [0.4, 0.5) is 5.69 Å². The topological polar surface area (TPSA) is 25.4 Å². The van der Waals surface area contributed by atoms with Crippen molar-refractivity contribution in [2.45, 2.75) is 6.42 Å². The Morgan fingerprint density at radius 2 is 1.78 bits per heavy atom. The molecule has 18 heavy (non-hydrogen) atoms. The molecule has 0 amide bonds. The van der Waals surface area contributed by atoms with Gasteiger partial charge >= 0.3 is 0 Å². The number of para-hydroxylation sites is 1. The van der Waals surface area contributed by atoms with Gasteiger partial charge in [-0.15, -0.1) is 0 Å². The number of ether oxygens (including phenoxy) is 1. The molecule has 3 nitrogen and oxygen atoms in total. The van der Waals surface area contributed by atoms with E-state index in [2.05, 4.69) is 16.9 Å². The molecule has 0 atom stereocenters. The standard InChI is InChI=1S/C15H18N2O/c1-17(14-8-10-16-11-9-14)12-5-13-18-15-6-3-2-4-7-15/h2-4,6-11H,5,12-13H2,1H3. The fourth-order valence-corrected chi connectivity index (χ4v) is 1.74. The molecule has 2 rings (SSSR count). The first-order chi connectivity index (χ1) is 8.86. The first-order valence-corrected chi connectivity index (χ1v) is 6.15. The largest absolute Gasteiger partial charge is 0.494 e. The van der Waals surface area contributed by atoms with E-state index in [1.807, 2.05) is 54.9 Å². The third-order valence-corrected chi connectivity index (χ3v) is 2.75. The molecule has 3 heteroatoms. The Balaban J connectivity index is 1.70. The van der Waals surface area contributed by atoms with Crippen LogP contribution < -0.4 is 9.64 Å². The Morgan fingerprint density at radius 1 is 1.06 bits per heavy atom. The molecular formula is C15H18N2O. The van der Waals surface area contributed by atoms with E-state index in [4.69, 9.17) is 4.74 Å². The number of hydrogen-bond acceptors (Lipinski definition) is 3. The number of benzene rings is 1. The van der Waals surface area contributed by atoms with Crippen molar-refractivity contribution in [2.75, 3.05) is 25.1 Å². The Hall–Kier alpha value is -2.03. The second-order valence-electron chi connectivity index (χ2n) is 4.14. The number of rotatable bonds is 6. The zero-order valence-corrected chi connectivity index (χ0v) is 10.6. The zero-order valence-electron chi connectivity index (χ0n) is 10.6. The van der Waals surface area contributed by atoms with Gasteiger partial charge in [0.25, 0.3) is 0 Å². The maximum absolute atomic E-state index is 5.65. The minimum atomic E-state index is 0.736. The fourth-order valence-electron chi connectivity index (χ4n) is 1.74. The minimum Gasteiger partial charge on any atom is -0.494 e. The maximum atomic E-state index is 5.65. The molecule has 0 bridgehead atoms. The van der Waals surface area contributed by atoms with Crippen molar-refractivity contribution < 1.29 is 4.74 Å². The van der Waals surface area contributed by atoms with E-state index in [0.717, 1.165) is 25.3 Å². The molecule has 0 saturated carbocycles. The van der Waals surface area contributed by atoms with Gasteiger partial charge in [0.2, 0.25) is 0 Å². The van der Waals surface area contributed by atoms with Crippen molar-refractivity contribution in [3.05, 3.63) is 54.9 Å². The van der Waals surface area contributed by atoms with Crippen LogP contribution >= 0.6 is 0 Å². The van der Waals surface area contributed by atoms with Crippen molar-refractivity contribution in [1.29, 1.82) is 0 Å². The Labute approximate surface area is 108 Å². The summed E-state index contributed by atoms with van der Waals surface area (Å²) < 4.78 is 5.65. The average molecular weight is 242 g/mol. The van der Waals surface area contributed by atoms with Crippen LogP contribution in [0.3, 0.4) is 0 Å². The van der Waals surface area contributed by atoms with Gasteiger partial charge in [0.1, 0.15) is 5.75 Å². The predicted octanol–water partition coefficient (Wildman–Crippen LogP) is 2.99. The van der Waals surface area contributed by atoms with E-state index in [0.29, 0.717) is 0 Å². The molecular weight excluding hydrogens is 224 g/mol. The summed E-state index contributed by atoms with van der Waals surface area (Å²) in [4.78, 5) is 6.22. The molecule has 0 spiro atoms. The smallest absolute Gasteiger partial charge is 0.119 e. The third kappa shape index (κ3) is 3.77. The van der Waals surface area contributed by atoms with Gasteiger partial charge in [0.15, 0.2) is 0 Å². The van der Waals surface area contributed by atoms with E-state index in [1.165, 1.54) is 5.69 Å². The van der Waals surface area contributed by atoms with Gasteiger partial charge in [-0.3, -0.25) is 4.98 Å². The summed E-state index contributed by atoms with van der Waals surface area (Å²) in [5.74, 6) is 0.934. The van der Waals surface area contributed by atoms with Crippen LogP contribution in [0.15, 0.2) is 54.9 Å². The van der Waals surface area contributed by atoms with Gasteiger partial charge in [-0.05, 0) is 30.7 Å². The van der Waals surface area contributed by atoms with Crippen LogP contribution in [-0.4, -0.2) is 25.2 Å². The van der Waals surface area contributed by atoms with Crippen LogP contribution in [0.2, 0.25) is 0 Å². The van der Waals surface area contributed by atoms with Crippen LogP contribution in [0.5, 0.6) is 5.75 Å². The second kappa shape index (κ2) is 6.64. The summed E-state index contributed by atoms with van der Waals surface area (Å²) in [7, 11) is 2.08. The predicted molar refractivity (Wildman–Crippen MR) is 74.1 cm³/mol. The molecule has 1 aromatic carbocycles. The first-order valence-electron chi connectivity index (χ1n) is 6.15. The van der Waals surface area contributed by atoms with Crippen LogP contribution in [0, 0.1) is 0 Å². The lowest BCUT2D eigenvalue weighted by Gasteiger charge is -2.18. The molecule has 0 radical (unpaired) electrons. The lowest BCUT2D eigenvalue weighted by Crippen LogP contribution is -2.20. The van der Waals surface area contributed by atoms with E-state index < -0.39 is 0 Å². The Bertz CT molecular complexity index is 445. The van der Waals surface area contributed by atoms with Gasteiger partial charge in [0.05, 0.1) is 6.61 Å². The molecule has 94 valence electrons. The molecule has 0 unspecified atom stereocenters. The summed E-state index contributed by atoms with van der Waals surface area (Å²) in [6.45, 7) is 1.70. The Morgan fingerprint density at radius 3 is 2.50 bits per heavy atom. The van der Waals surface area contributed by atoms with Crippen LogP contribution in [-0.2, 0) is 0 Å². The number of nitrogens with zero attached hydrogens (tertiary/aromatic N) is 2. The molecule has 1 aromatic heterocycles. The summed E-state index contributed by atoms with van der Waals surface area (Å²) in [5.41, 5.74) is 1.18. The molecule has 0 saturated heterocycles. The van der Waals surface area contributed by atoms with Crippen molar-refractivity contribution in [1.82, 2.24) is 4.98 Å². The van der Waals surface area contributed by atoms with E-state index in [9.17, 15) is 0 Å². The fraction of sp³-hybridized carbons (Fsp3) is 0.267. The van der Waals surface area contributed by atoms with Crippen LogP contribution in [0.1, 0.15) is 6.42 Å². The van der Waals surface area contributed by atoms with Crippen LogP contribution in [0.25, 0.3) is 0 Å². The summed E-state index contributed by atoms with van der Waals surface area (Å²) >= 11 is 0. The number of hydrogen-bond donors (Lipinski definition) is 0. The summed E-state index contributed by atoms with van der Waals surface area (Å²) in [6, 6.07) is 13.9. The molecule has 0 N–H and O–H groups in total. The monoisotopic (exact) mass is 242 g/mol.